The van der Waals surface area contributed by atoms with Gasteiger partial charge in [0, 0.05) is 5.56 Å². The zero-order valence-electron chi connectivity index (χ0n) is 14.3. The van der Waals surface area contributed by atoms with Crippen LogP contribution in [0.4, 0.5) is 13.2 Å². The molecule has 2 rings (SSSR count). The monoisotopic (exact) mass is 351 g/mol. The van der Waals surface area contributed by atoms with Crippen LogP contribution in [0.5, 0.6) is 5.75 Å². The summed E-state index contributed by atoms with van der Waals surface area (Å²) >= 11 is 0. The number of ether oxygens (including phenoxy) is 1. The van der Waals surface area contributed by atoms with Crippen LogP contribution < -0.4 is 10.1 Å². The quantitative estimate of drug-likeness (QED) is 0.860. The van der Waals surface area contributed by atoms with Crippen molar-refractivity contribution in [1.29, 1.82) is 0 Å². The molecular weight excluding hydrogens is 331 g/mol. The maximum atomic E-state index is 12.7. The molecule has 0 aliphatic heterocycles. The van der Waals surface area contributed by atoms with Gasteiger partial charge in [-0.05, 0) is 56.2 Å². The van der Waals surface area contributed by atoms with Gasteiger partial charge >= 0.3 is 6.18 Å². The topological polar surface area (TPSA) is 38.3 Å². The molecule has 0 bridgehead atoms. The molecule has 1 N–H and O–H groups in total. The minimum absolute atomic E-state index is 0.0674. The summed E-state index contributed by atoms with van der Waals surface area (Å²) in [5, 5.41) is 2.79. The molecule has 0 radical (unpaired) electrons. The number of hydrogen-bond donors (Lipinski definition) is 1. The fourth-order valence-corrected chi connectivity index (χ4v) is 2.32. The lowest BCUT2D eigenvalue weighted by molar-refractivity contribution is -0.137. The number of rotatable bonds is 5. The van der Waals surface area contributed by atoms with Gasteiger partial charge in [-0.3, -0.25) is 4.79 Å². The normalized spacial score (nSPS) is 12.6. The first kappa shape index (κ1) is 18.8. The molecule has 1 atom stereocenters. The van der Waals surface area contributed by atoms with Crippen molar-refractivity contribution in [3.8, 4) is 5.75 Å². The molecule has 0 aliphatic rings. The van der Waals surface area contributed by atoms with Crippen molar-refractivity contribution in [2.45, 2.75) is 33.0 Å². The highest BCUT2D eigenvalue weighted by Gasteiger charge is 2.30. The highest BCUT2D eigenvalue weighted by atomic mass is 19.4. The lowest BCUT2D eigenvalue weighted by Gasteiger charge is -2.17. The van der Waals surface area contributed by atoms with Crippen LogP contribution in [-0.4, -0.2) is 18.6 Å². The Morgan fingerprint density at radius 3 is 2.52 bits per heavy atom. The smallest absolute Gasteiger partial charge is 0.416 e. The molecule has 25 heavy (non-hydrogen) atoms. The fraction of sp³-hybridized carbons (Fsp3) is 0.316. The number of halogens is 3. The van der Waals surface area contributed by atoms with E-state index >= 15 is 0 Å². The van der Waals surface area contributed by atoms with Crippen molar-refractivity contribution < 1.29 is 22.7 Å². The second-order valence-corrected chi connectivity index (χ2v) is 5.96. The molecule has 2 aromatic carbocycles. The van der Waals surface area contributed by atoms with Crippen LogP contribution in [0.1, 0.15) is 34.0 Å². The van der Waals surface area contributed by atoms with E-state index in [4.69, 9.17) is 4.74 Å². The Labute approximate surface area is 144 Å². The van der Waals surface area contributed by atoms with Gasteiger partial charge in [0.1, 0.15) is 12.4 Å². The van der Waals surface area contributed by atoms with Crippen LogP contribution in [0.3, 0.4) is 0 Å². The zero-order valence-corrected chi connectivity index (χ0v) is 14.3. The average molecular weight is 351 g/mol. The van der Waals surface area contributed by atoms with E-state index in [0.717, 1.165) is 23.3 Å². The number of alkyl halides is 3. The Hall–Kier alpha value is -2.50. The van der Waals surface area contributed by atoms with Crippen molar-refractivity contribution in [2.75, 3.05) is 6.61 Å². The molecule has 0 saturated carbocycles. The van der Waals surface area contributed by atoms with Gasteiger partial charge in [-0.15, -0.1) is 0 Å². The van der Waals surface area contributed by atoms with Gasteiger partial charge in [0.25, 0.3) is 5.91 Å². The third-order valence-electron chi connectivity index (χ3n) is 3.89. The maximum absolute atomic E-state index is 12.7. The number of hydrogen-bond acceptors (Lipinski definition) is 2. The Kier molecular flexibility index (Phi) is 5.72. The summed E-state index contributed by atoms with van der Waals surface area (Å²) in [6, 6.07) is 9.77. The van der Waals surface area contributed by atoms with Gasteiger partial charge in [0.15, 0.2) is 0 Å². The molecule has 0 aromatic heterocycles. The van der Waals surface area contributed by atoms with Crippen LogP contribution in [0.15, 0.2) is 42.5 Å². The van der Waals surface area contributed by atoms with E-state index < -0.39 is 11.7 Å². The van der Waals surface area contributed by atoms with Crippen LogP contribution >= 0.6 is 0 Å². The van der Waals surface area contributed by atoms with Gasteiger partial charge in [-0.25, -0.2) is 0 Å². The molecule has 134 valence electrons. The van der Waals surface area contributed by atoms with Gasteiger partial charge in [-0.1, -0.05) is 18.2 Å². The van der Waals surface area contributed by atoms with E-state index in [0.29, 0.717) is 5.56 Å². The van der Waals surface area contributed by atoms with Gasteiger partial charge in [0.2, 0.25) is 0 Å². The lowest BCUT2D eigenvalue weighted by Crippen LogP contribution is -2.37. The fourth-order valence-electron chi connectivity index (χ4n) is 2.32. The lowest BCUT2D eigenvalue weighted by atomic mass is 10.0. The van der Waals surface area contributed by atoms with Gasteiger partial charge in [0.05, 0.1) is 11.6 Å². The van der Waals surface area contributed by atoms with E-state index in [1.54, 1.807) is 19.1 Å². The number of carbonyl (C=O) groups excluding carboxylic acids is 1. The summed E-state index contributed by atoms with van der Waals surface area (Å²) in [6.45, 7) is 5.59. The molecule has 3 nitrogen and oxygen atoms in total. The van der Waals surface area contributed by atoms with Crippen LogP contribution in [-0.2, 0) is 6.18 Å². The van der Waals surface area contributed by atoms with E-state index in [1.807, 2.05) is 19.9 Å². The molecule has 6 heteroatoms. The Morgan fingerprint density at radius 1 is 1.16 bits per heavy atom. The summed E-state index contributed by atoms with van der Waals surface area (Å²) in [7, 11) is 0. The first-order chi connectivity index (χ1) is 11.7. The SMILES string of the molecule is Cc1cccc(C(=O)NC(C)COc2cccc(C(F)(F)F)c2)c1C. The summed E-state index contributed by atoms with van der Waals surface area (Å²) in [4.78, 5) is 12.3. The number of benzene rings is 2. The molecule has 0 spiro atoms. The minimum atomic E-state index is -4.41. The van der Waals surface area contributed by atoms with Gasteiger partial charge < -0.3 is 10.1 Å². The molecule has 0 heterocycles. The zero-order chi connectivity index (χ0) is 18.6. The van der Waals surface area contributed by atoms with Crippen LogP contribution in [0.25, 0.3) is 0 Å². The summed E-state index contributed by atoms with van der Waals surface area (Å²) in [5.41, 5.74) is 1.72. The first-order valence-corrected chi connectivity index (χ1v) is 7.85. The van der Waals surface area contributed by atoms with Crippen molar-refractivity contribution in [2.24, 2.45) is 0 Å². The van der Waals surface area contributed by atoms with Crippen LogP contribution in [0.2, 0.25) is 0 Å². The summed E-state index contributed by atoms with van der Waals surface area (Å²) < 4.78 is 43.4. The highest BCUT2D eigenvalue weighted by molar-refractivity contribution is 5.96. The number of nitrogens with one attached hydrogen (secondary N) is 1. The molecule has 2 aromatic rings. The molecule has 0 saturated heterocycles. The molecule has 1 unspecified atom stereocenters. The third kappa shape index (κ3) is 4.98. The second kappa shape index (κ2) is 7.59. The number of aryl methyl sites for hydroxylation is 1. The Bertz CT molecular complexity index is 757. The second-order valence-electron chi connectivity index (χ2n) is 5.96. The largest absolute Gasteiger partial charge is 0.491 e. The number of amides is 1. The molecule has 0 aliphatic carbocycles. The Morgan fingerprint density at radius 2 is 1.84 bits per heavy atom. The van der Waals surface area contributed by atoms with Crippen molar-refractivity contribution >= 4 is 5.91 Å². The standard InChI is InChI=1S/C19H20F3NO2/c1-12-6-4-9-17(14(12)3)18(24)23-13(2)11-25-16-8-5-7-15(10-16)19(20,21)22/h4-10,13H,11H2,1-3H3,(H,23,24). The van der Waals surface area contributed by atoms with Crippen molar-refractivity contribution in [3.05, 3.63) is 64.7 Å². The molecule has 0 fully saturated rings. The Balaban J connectivity index is 1.96. The maximum Gasteiger partial charge on any atom is 0.416 e. The summed E-state index contributed by atoms with van der Waals surface area (Å²) in [5.74, 6) is -0.121. The predicted octanol–water partition coefficient (Wildman–Crippen LogP) is 4.52. The van der Waals surface area contributed by atoms with E-state index in [1.165, 1.54) is 12.1 Å². The highest BCUT2D eigenvalue weighted by Crippen LogP contribution is 2.31. The van der Waals surface area contributed by atoms with E-state index in [2.05, 4.69) is 5.32 Å². The first-order valence-electron chi connectivity index (χ1n) is 7.85. The minimum Gasteiger partial charge on any atom is -0.491 e. The van der Waals surface area contributed by atoms with E-state index in [9.17, 15) is 18.0 Å². The molecular formula is C19H20F3NO2. The summed E-state index contributed by atoms with van der Waals surface area (Å²) in [6.07, 6.45) is -4.41. The average Bonchev–Trinajstić information content (AvgIpc) is 2.55. The van der Waals surface area contributed by atoms with E-state index in [-0.39, 0.29) is 24.3 Å². The predicted molar refractivity (Wildman–Crippen MR) is 89.8 cm³/mol. The third-order valence-corrected chi connectivity index (χ3v) is 3.89. The van der Waals surface area contributed by atoms with Crippen molar-refractivity contribution in [1.82, 2.24) is 5.32 Å². The number of carbonyl (C=O) groups is 1. The van der Waals surface area contributed by atoms with Crippen molar-refractivity contribution in [3.63, 3.8) is 0 Å². The molecule has 1 amide bonds. The van der Waals surface area contributed by atoms with Crippen LogP contribution in [0, 0.1) is 13.8 Å². The van der Waals surface area contributed by atoms with Gasteiger partial charge in [-0.2, -0.15) is 13.2 Å².